The molecule has 0 amide bonds. The van der Waals surface area contributed by atoms with Gasteiger partial charge in [0.2, 0.25) is 0 Å². The molecule has 1 aromatic rings. The molecule has 0 spiro atoms. The van der Waals surface area contributed by atoms with Crippen LogP contribution in [0.15, 0.2) is 24.3 Å². The van der Waals surface area contributed by atoms with Gasteiger partial charge in [0.1, 0.15) is 0 Å². The Morgan fingerprint density at radius 1 is 0.533 bits per heavy atom. The minimum absolute atomic E-state index is 0.727. The Hall–Kier alpha value is -1.34. The number of benzene rings is 1. The molecule has 0 radical (unpaired) electrons. The topological polar surface area (TPSA) is 55.4 Å². The number of para-hydroxylation sites is 2. The molecule has 0 unspecified atom stereocenters. The molecular formula is C24H46O6. The van der Waals surface area contributed by atoms with Crippen LogP contribution in [0.4, 0.5) is 0 Å². The molecule has 1 rings (SSSR count). The molecule has 0 atom stereocenters. The lowest BCUT2D eigenvalue weighted by molar-refractivity contribution is 0.0457. The molecule has 0 saturated carbocycles. The van der Waals surface area contributed by atoms with Crippen molar-refractivity contribution in [2.45, 2.75) is 53.4 Å². The summed E-state index contributed by atoms with van der Waals surface area (Å²) in [6.45, 7) is 14.6. The van der Waals surface area contributed by atoms with Gasteiger partial charge in [-0.05, 0) is 38.8 Å². The number of ether oxygens (including phenoxy) is 6. The van der Waals surface area contributed by atoms with Crippen LogP contribution in [0.2, 0.25) is 0 Å². The third-order valence-corrected chi connectivity index (χ3v) is 3.73. The highest BCUT2D eigenvalue weighted by atomic mass is 16.5. The van der Waals surface area contributed by atoms with Crippen molar-refractivity contribution in [2.75, 3.05) is 67.1 Å². The summed E-state index contributed by atoms with van der Waals surface area (Å²) in [6, 6.07) is 7.53. The number of unbranched alkanes of at least 4 members (excludes halogenated alkanes) is 2. The Kier molecular flexibility index (Phi) is 28.4. The lowest BCUT2D eigenvalue weighted by Crippen LogP contribution is -2.05. The van der Waals surface area contributed by atoms with E-state index < -0.39 is 0 Å². The normalized spacial score (nSPS) is 9.80. The van der Waals surface area contributed by atoms with Gasteiger partial charge in [0.25, 0.3) is 0 Å². The smallest absolute Gasteiger partial charge is 0.160 e. The Balaban J connectivity index is 0. The summed E-state index contributed by atoms with van der Waals surface area (Å²) in [5, 5.41) is 0. The molecule has 0 aliphatic carbocycles. The van der Waals surface area contributed by atoms with Gasteiger partial charge in [0, 0.05) is 26.4 Å². The summed E-state index contributed by atoms with van der Waals surface area (Å²) in [5.41, 5.74) is 0. The third-order valence-electron chi connectivity index (χ3n) is 3.73. The summed E-state index contributed by atoms with van der Waals surface area (Å²) >= 11 is 0. The Bertz CT molecular complexity index is 389. The zero-order chi connectivity index (χ0) is 22.7. The number of methoxy groups -OCH3 is 2. The quantitative estimate of drug-likeness (QED) is 0.328. The molecule has 0 aromatic heterocycles. The highest BCUT2D eigenvalue weighted by Crippen LogP contribution is 2.24. The van der Waals surface area contributed by atoms with E-state index in [0.29, 0.717) is 0 Å². The maximum absolute atomic E-state index is 5.33. The second-order valence-corrected chi connectivity index (χ2v) is 6.18. The summed E-state index contributed by atoms with van der Waals surface area (Å²) in [5.74, 6) is 1.54. The van der Waals surface area contributed by atoms with E-state index in [1.165, 1.54) is 12.8 Å². The van der Waals surface area contributed by atoms with Crippen LogP contribution in [-0.4, -0.2) is 67.1 Å². The summed E-state index contributed by atoms with van der Waals surface area (Å²) in [4.78, 5) is 0. The fourth-order valence-electron chi connectivity index (χ4n) is 2.01. The van der Waals surface area contributed by atoms with Gasteiger partial charge in [0.15, 0.2) is 11.5 Å². The van der Waals surface area contributed by atoms with Gasteiger partial charge in [-0.1, -0.05) is 38.8 Å². The zero-order valence-electron chi connectivity index (χ0n) is 20.2. The van der Waals surface area contributed by atoms with Crippen molar-refractivity contribution >= 4 is 0 Å². The fraction of sp³-hybridized carbons (Fsp3) is 0.750. The summed E-state index contributed by atoms with van der Waals surface area (Å²) in [6.07, 6.45) is 4.73. The minimum atomic E-state index is 0.727. The van der Waals surface area contributed by atoms with E-state index in [4.69, 9.17) is 28.4 Å². The first-order valence-corrected chi connectivity index (χ1v) is 11.2. The van der Waals surface area contributed by atoms with Crippen LogP contribution in [0.1, 0.15) is 53.4 Å². The van der Waals surface area contributed by atoms with Crippen LogP contribution in [-0.2, 0) is 18.9 Å². The predicted octanol–water partition coefficient (Wildman–Crippen LogP) is 5.38. The molecule has 0 aliphatic rings. The minimum Gasteiger partial charge on any atom is -0.493 e. The highest BCUT2D eigenvalue weighted by Gasteiger charge is 1.97. The summed E-state index contributed by atoms with van der Waals surface area (Å²) < 4.78 is 30.7. The molecule has 1 aromatic carbocycles. The first kappa shape index (κ1) is 30.9. The molecule has 0 aliphatic heterocycles. The number of hydrogen-bond donors (Lipinski definition) is 0. The van der Waals surface area contributed by atoms with Gasteiger partial charge in [-0.25, -0.2) is 0 Å². The Morgan fingerprint density at radius 3 is 1.20 bits per heavy atom. The van der Waals surface area contributed by atoms with E-state index in [0.717, 1.165) is 77.2 Å². The van der Waals surface area contributed by atoms with Crippen molar-refractivity contribution < 1.29 is 28.4 Å². The molecule has 0 saturated heterocycles. The second kappa shape index (κ2) is 27.7. The highest BCUT2D eigenvalue weighted by molar-refractivity contribution is 5.39. The average Bonchev–Trinajstić information content (AvgIpc) is 2.79. The first-order chi connectivity index (χ1) is 14.7. The Morgan fingerprint density at radius 2 is 0.900 bits per heavy atom. The van der Waals surface area contributed by atoms with Crippen LogP contribution in [0.5, 0.6) is 11.5 Å². The first-order valence-electron chi connectivity index (χ1n) is 11.2. The molecular weight excluding hydrogens is 384 g/mol. The summed E-state index contributed by atoms with van der Waals surface area (Å²) in [7, 11) is 3.25. The monoisotopic (exact) mass is 430 g/mol. The maximum Gasteiger partial charge on any atom is 0.160 e. The largest absolute Gasteiger partial charge is 0.493 e. The van der Waals surface area contributed by atoms with Crippen LogP contribution >= 0.6 is 0 Å². The van der Waals surface area contributed by atoms with E-state index in [1.807, 2.05) is 38.1 Å². The van der Waals surface area contributed by atoms with E-state index in [2.05, 4.69) is 13.8 Å². The van der Waals surface area contributed by atoms with Gasteiger partial charge >= 0.3 is 0 Å². The van der Waals surface area contributed by atoms with Gasteiger partial charge in [-0.2, -0.15) is 0 Å². The van der Waals surface area contributed by atoms with E-state index >= 15 is 0 Å². The van der Waals surface area contributed by atoms with Gasteiger partial charge in [-0.3, -0.25) is 0 Å². The average molecular weight is 431 g/mol. The van der Waals surface area contributed by atoms with E-state index in [-0.39, 0.29) is 0 Å². The zero-order valence-corrected chi connectivity index (χ0v) is 20.2. The number of hydrogen-bond acceptors (Lipinski definition) is 6. The molecule has 0 N–H and O–H groups in total. The Labute approximate surface area is 185 Å². The number of rotatable bonds is 16. The predicted molar refractivity (Wildman–Crippen MR) is 124 cm³/mol. The second-order valence-electron chi connectivity index (χ2n) is 6.18. The molecule has 30 heavy (non-hydrogen) atoms. The molecule has 6 nitrogen and oxygen atoms in total. The van der Waals surface area contributed by atoms with Crippen LogP contribution in [0, 0.1) is 0 Å². The van der Waals surface area contributed by atoms with Crippen molar-refractivity contribution in [1.82, 2.24) is 0 Å². The maximum atomic E-state index is 5.33. The third kappa shape index (κ3) is 22.9. The SMILES string of the molecule is CCCCOCCOCCCC.CCOCCOCC.COc1ccccc1OC. The lowest BCUT2D eigenvalue weighted by Gasteiger charge is -2.04. The van der Waals surface area contributed by atoms with Crippen LogP contribution < -0.4 is 9.47 Å². The van der Waals surface area contributed by atoms with Crippen molar-refractivity contribution in [1.29, 1.82) is 0 Å². The van der Waals surface area contributed by atoms with Crippen molar-refractivity contribution in [3.05, 3.63) is 24.3 Å². The molecule has 6 heteroatoms. The van der Waals surface area contributed by atoms with Crippen molar-refractivity contribution in [2.24, 2.45) is 0 Å². The van der Waals surface area contributed by atoms with Gasteiger partial charge in [0.05, 0.1) is 40.6 Å². The van der Waals surface area contributed by atoms with Crippen molar-refractivity contribution in [3.8, 4) is 11.5 Å². The molecule has 178 valence electrons. The van der Waals surface area contributed by atoms with E-state index in [1.54, 1.807) is 14.2 Å². The van der Waals surface area contributed by atoms with E-state index in [9.17, 15) is 0 Å². The fourth-order valence-corrected chi connectivity index (χ4v) is 2.01. The lowest BCUT2D eigenvalue weighted by atomic mass is 10.3. The van der Waals surface area contributed by atoms with Crippen LogP contribution in [0.25, 0.3) is 0 Å². The molecule has 0 fully saturated rings. The van der Waals surface area contributed by atoms with Crippen LogP contribution in [0.3, 0.4) is 0 Å². The van der Waals surface area contributed by atoms with Gasteiger partial charge < -0.3 is 28.4 Å². The van der Waals surface area contributed by atoms with Crippen molar-refractivity contribution in [3.63, 3.8) is 0 Å². The molecule has 0 heterocycles. The standard InChI is InChI=1S/C10H22O2.C8H10O2.C6H14O2/c1-3-5-7-11-9-10-12-8-6-4-2;1-9-7-5-3-4-6-8(7)10-2;1-3-7-5-6-8-4-2/h3-10H2,1-2H3;3-6H,1-2H3;3-6H2,1-2H3. The molecule has 0 bridgehead atoms. The van der Waals surface area contributed by atoms with Gasteiger partial charge in [-0.15, -0.1) is 0 Å².